The SMILES string of the molecule is COC(=O)C1CC(NC2CC2)CN(CC(=O)O)C1. The highest BCUT2D eigenvalue weighted by atomic mass is 16.5. The maximum atomic E-state index is 11.6. The number of rotatable bonds is 5. The molecule has 1 saturated carbocycles. The fourth-order valence-electron chi connectivity index (χ4n) is 2.55. The lowest BCUT2D eigenvalue weighted by Crippen LogP contribution is -2.52. The minimum atomic E-state index is -0.856. The van der Waals surface area contributed by atoms with E-state index in [1.807, 2.05) is 4.90 Å². The minimum absolute atomic E-state index is 0.0175. The number of carboxylic acid groups (broad SMARTS) is 1. The summed E-state index contributed by atoms with van der Waals surface area (Å²) < 4.78 is 4.77. The molecule has 6 heteroatoms. The molecule has 1 aliphatic heterocycles. The number of hydrogen-bond acceptors (Lipinski definition) is 5. The van der Waals surface area contributed by atoms with Crippen molar-refractivity contribution in [3.05, 3.63) is 0 Å². The fraction of sp³-hybridized carbons (Fsp3) is 0.833. The molecule has 1 aliphatic carbocycles. The first kappa shape index (κ1) is 13.3. The van der Waals surface area contributed by atoms with Crippen molar-refractivity contribution in [2.45, 2.75) is 31.3 Å². The molecule has 0 aromatic carbocycles. The van der Waals surface area contributed by atoms with E-state index in [9.17, 15) is 9.59 Å². The minimum Gasteiger partial charge on any atom is -0.480 e. The van der Waals surface area contributed by atoms with Crippen molar-refractivity contribution >= 4 is 11.9 Å². The van der Waals surface area contributed by atoms with Crippen molar-refractivity contribution in [3.8, 4) is 0 Å². The number of carbonyl (C=O) groups is 2. The van der Waals surface area contributed by atoms with Crippen LogP contribution in [0.1, 0.15) is 19.3 Å². The van der Waals surface area contributed by atoms with Crippen LogP contribution in [0.15, 0.2) is 0 Å². The number of ether oxygens (including phenoxy) is 1. The highest BCUT2D eigenvalue weighted by Gasteiger charge is 2.35. The van der Waals surface area contributed by atoms with Gasteiger partial charge in [0.25, 0.3) is 0 Å². The van der Waals surface area contributed by atoms with Crippen molar-refractivity contribution < 1.29 is 19.4 Å². The molecule has 2 aliphatic rings. The Bertz CT molecular complexity index is 330. The van der Waals surface area contributed by atoms with Crippen LogP contribution in [0.3, 0.4) is 0 Å². The van der Waals surface area contributed by atoms with Crippen LogP contribution in [-0.2, 0) is 14.3 Å². The monoisotopic (exact) mass is 256 g/mol. The Labute approximate surface area is 106 Å². The van der Waals surface area contributed by atoms with Crippen molar-refractivity contribution in [3.63, 3.8) is 0 Å². The van der Waals surface area contributed by atoms with E-state index < -0.39 is 5.97 Å². The van der Waals surface area contributed by atoms with Crippen LogP contribution >= 0.6 is 0 Å². The molecular formula is C12H20N2O4. The molecule has 1 saturated heterocycles. The van der Waals surface area contributed by atoms with Crippen molar-refractivity contribution in [1.29, 1.82) is 0 Å². The van der Waals surface area contributed by atoms with Crippen LogP contribution in [-0.4, -0.2) is 60.8 Å². The summed E-state index contributed by atoms with van der Waals surface area (Å²) in [7, 11) is 1.38. The Balaban J connectivity index is 1.94. The normalized spacial score (nSPS) is 28.9. The zero-order valence-corrected chi connectivity index (χ0v) is 10.6. The average molecular weight is 256 g/mol. The number of carbonyl (C=O) groups excluding carboxylic acids is 1. The van der Waals surface area contributed by atoms with E-state index in [0.717, 1.165) is 6.42 Å². The molecule has 0 spiro atoms. The van der Waals surface area contributed by atoms with Gasteiger partial charge in [-0.05, 0) is 19.3 Å². The summed E-state index contributed by atoms with van der Waals surface area (Å²) in [6, 6.07) is 0.743. The lowest BCUT2D eigenvalue weighted by atomic mass is 9.94. The first-order valence-electron chi connectivity index (χ1n) is 6.36. The number of esters is 1. The van der Waals surface area contributed by atoms with Gasteiger partial charge in [0.15, 0.2) is 0 Å². The third-order valence-electron chi connectivity index (χ3n) is 3.47. The Morgan fingerprint density at radius 1 is 1.33 bits per heavy atom. The molecule has 6 nitrogen and oxygen atoms in total. The van der Waals surface area contributed by atoms with Crippen LogP contribution in [0.5, 0.6) is 0 Å². The third-order valence-corrected chi connectivity index (χ3v) is 3.47. The van der Waals surface area contributed by atoms with Crippen molar-refractivity contribution in [2.24, 2.45) is 5.92 Å². The highest BCUT2D eigenvalue weighted by molar-refractivity contribution is 5.73. The van der Waals surface area contributed by atoms with Gasteiger partial charge in [-0.15, -0.1) is 0 Å². The van der Waals surface area contributed by atoms with Gasteiger partial charge >= 0.3 is 11.9 Å². The number of methoxy groups -OCH3 is 1. The largest absolute Gasteiger partial charge is 0.480 e. The Kier molecular flexibility index (Phi) is 4.19. The molecule has 1 heterocycles. The molecule has 18 heavy (non-hydrogen) atoms. The molecule has 0 amide bonds. The molecule has 0 radical (unpaired) electrons. The molecule has 2 rings (SSSR count). The lowest BCUT2D eigenvalue weighted by molar-refractivity contribution is -0.149. The zero-order valence-electron chi connectivity index (χ0n) is 10.6. The topological polar surface area (TPSA) is 78.9 Å². The van der Waals surface area contributed by atoms with Crippen LogP contribution in [0, 0.1) is 5.92 Å². The quantitative estimate of drug-likeness (QED) is 0.657. The molecule has 0 aromatic heterocycles. The predicted molar refractivity (Wildman–Crippen MR) is 64.1 cm³/mol. The van der Waals surface area contributed by atoms with Gasteiger partial charge < -0.3 is 15.2 Å². The summed E-state index contributed by atoms with van der Waals surface area (Å²) in [6.45, 7) is 1.15. The number of nitrogens with one attached hydrogen (secondary N) is 1. The standard InChI is InChI=1S/C12H20N2O4/c1-18-12(17)8-4-10(13-9-2-3-9)6-14(5-8)7-11(15)16/h8-10,13H,2-7H2,1H3,(H,15,16). The van der Waals surface area contributed by atoms with Gasteiger partial charge in [0.05, 0.1) is 19.6 Å². The second-order valence-electron chi connectivity index (χ2n) is 5.18. The Morgan fingerprint density at radius 3 is 2.61 bits per heavy atom. The molecule has 2 atom stereocenters. The van der Waals surface area contributed by atoms with Crippen molar-refractivity contribution in [2.75, 3.05) is 26.7 Å². The number of hydrogen-bond donors (Lipinski definition) is 2. The number of piperidine rings is 1. The first-order valence-corrected chi connectivity index (χ1v) is 6.36. The predicted octanol–water partition coefficient (Wildman–Crippen LogP) is -0.313. The second-order valence-corrected chi connectivity index (χ2v) is 5.18. The lowest BCUT2D eigenvalue weighted by Gasteiger charge is -2.36. The Hall–Kier alpha value is -1.14. The van der Waals surface area contributed by atoms with Gasteiger partial charge in [-0.1, -0.05) is 0 Å². The fourth-order valence-corrected chi connectivity index (χ4v) is 2.55. The summed E-state index contributed by atoms with van der Waals surface area (Å²) in [5.41, 5.74) is 0. The summed E-state index contributed by atoms with van der Waals surface area (Å²) in [4.78, 5) is 24.2. The number of aliphatic carboxylic acids is 1. The van der Waals surface area contributed by atoms with Crippen LogP contribution in [0.2, 0.25) is 0 Å². The first-order chi connectivity index (χ1) is 8.58. The van der Waals surface area contributed by atoms with Crippen molar-refractivity contribution in [1.82, 2.24) is 10.2 Å². The molecule has 2 unspecified atom stereocenters. The average Bonchev–Trinajstić information content (AvgIpc) is 3.10. The smallest absolute Gasteiger partial charge is 0.317 e. The molecule has 2 fully saturated rings. The van der Waals surface area contributed by atoms with Gasteiger partial charge in [0.2, 0.25) is 0 Å². The molecule has 102 valence electrons. The molecule has 0 aromatic rings. The summed E-state index contributed by atoms with van der Waals surface area (Å²) >= 11 is 0. The molecular weight excluding hydrogens is 236 g/mol. The van der Waals surface area contributed by atoms with Gasteiger partial charge in [0.1, 0.15) is 0 Å². The summed E-state index contributed by atoms with van der Waals surface area (Å²) in [5.74, 6) is -1.32. The van der Waals surface area contributed by atoms with Crippen LogP contribution in [0.4, 0.5) is 0 Å². The van der Waals surface area contributed by atoms with Crippen LogP contribution in [0.25, 0.3) is 0 Å². The second kappa shape index (κ2) is 5.67. The third kappa shape index (κ3) is 3.68. The van der Waals surface area contributed by atoms with E-state index in [0.29, 0.717) is 19.1 Å². The van der Waals surface area contributed by atoms with E-state index in [1.54, 1.807) is 0 Å². The molecule has 2 N–H and O–H groups in total. The number of nitrogens with zero attached hydrogens (tertiary/aromatic N) is 1. The van der Waals surface area contributed by atoms with E-state index in [2.05, 4.69) is 5.32 Å². The van der Waals surface area contributed by atoms with Gasteiger partial charge in [-0.3, -0.25) is 14.5 Å². The highest BCUT2D eigenvalue weighted by Crippen LogP contribution is 2.24. The summed E-state index contributed by atoms with van der Waals surface area (Å²) in [6.07, 6.45) is 3.09. The molecule has 0 bridgehead atoms. The van der Waals surface area contributed by atoms with Crippen LogP contribution < -0.4 is 5.32 Å². The van der Waals surface area contributed by atoms with Gasteiger partial charge in [0, 0.05) is 25.2 Å². The summed E-state index contributed by atoms with van der Waals surface area (Å²) in [5, 5.41) is 12.3. The van der Waals surface area contributed by atoms with E-state index in [4.69, 9.17) is 9.84 Å². The maximum Gasteiger partial charge on any atom is 0.317 e. The van der Waals surface area contributed by atoms with Gasteiger partial charge in [-0.2, -0.15) is 0 Å². The van der Waals surface area contributed by atoms with E-state index in [1.165, 1.54) is 20.0 Å². The Morgan fingerprint density at radius 2 is 2.06 bits per heavy atom. The van der Waals surface area contributed by atoms with E-state index >= 15 is 0 Å². The zero-order chi connectivity index (χ0) is 13.1. The maximum absolute atomic E-state index is 11.6. The number of carboxylic acids is 1. The number of likely N-dealkylation sites (tertiary alicyclic amines) is 1. The van der Waals surface area contributed by atoms with E-state index in [-0.39, 0.29) is 24.5 Å². The van der Waals surface area contributed by atoms with Gasteiger partial charge in [-0.25, -0.2) is 0 Å².